The molecule has 2 aromatic rings. The SMILES string of the molecule is NC1(Cc2ccc(Cl)cc2F)CCCc2ccccc21. The molecule has 0 aliphatic heterocycles. The summed E-state index contributed by atoms with van der Waals surface area (Å²) in [6.07, 6.45) is 3.49. The highest BCUT2D eigenvalue weighted by Crippen LogP contribution is 2.36. The molecule has 0 radical (unpaired) electrons. The zero-order chi connectivity index (χ0) is 14.2. The normalized spacial score (nSPS) is 21.6. The molecule has 20 heavy (non-hydrogen) atoms. The number of rotatable bonds is 2. The van der Waals surface area contributed by atoms with Crippen LogP contribution in [-0.4, -0.2) is 0 Å². The molecule has 0 amide bonds. The highest BCUT2D eigenvalue weighted by Gasteiger charge is 2.33. The van der Waals surface area contributed by atoms with Gasteiger partial charge in [0.1, 0.15) is 5.82 Å². The van der Waals surface area contributed by atoms with Crippen molar-refractivity contribution in [3.8, 4) is 0 Å². The number of halogens is 2. The molecule has 0 bridgehead atoms. The van der Waals surface area contributed by atoms with Gasteiger partial charge >= 0.3 is 0 Å². The Labute approximate surface area is 123 Å². The standard InChI is InChI=1S/C17H17ClFN/c18-14-8-7-13(16(19)10-14)11-17(20)9-3-5-12-4-1-2-6-15(12)17/h1-2,4,6-8,10H,3,5,9,11,20H2. The lowest BCUT2D eigenvalue weighted by Gasteiger charge is -2.36. The van der Waals surface area contributed by atoms with Crippen LogP contribution >= 0.6 is 11.6 Å². The second kappa shape index (κ2) is 5.19. The first-order valence-corrected chi connectivity index (χ1v) is 7.27. The van der Waals surface area contributed by atoms with Crippen LogP contribution in [0, 0.1) is 5.82 Å². The first-order valence-electron chi connectivity index (χ1n) is 6.90. The Balaban J connectivity index is 1.98. The molecule has 1 aliphatic rings. The lowest BCUT2D eigenvalue weighted by Crippen LogP contribution is -2.42. The van der Waals surface area contributed by atoms with E-state index in [0.717, 1.165) is 24.8 Å². The van der Waals surface area contributed by atoms with Crippen molar-refractivity contribution in [1.29, 1.82) is 0 Å². The summed E-state index contributed by atoms with van der Waals surface area (Å²) >= 11 is 5.80. The van der Waals surface area contributed by atoms with Gasteiger partial charge in [0.25, 0.3) is 0 Å². The maximum Gasteiger partial charge on any atom is 0.127 e. The molecule has 0 saturated carbocycles. The van der Waals surface area contributed by atoms with E-state index in [1.807, 2.05) is 12.1 Å². The van der Waals surface area contributed by atoms with Gasteiger partial charge in [-0.25, -0.2) is 4.39 Å². The van der Waals surface area contributed by atoms with E-state index < -0.39 is 5.54 Å². The highest BCUT2D eigenvalue weighted by molar-refractivity contribution is 6.30. The maximum absolute atomic E-state index is 14.0. The summed E-state index contributed by atoms with van der Waals surface area (Å²) in [6.45, 7) is 0. The fraction of sp³-hybridized carbons (Fsp3) is 0.294. The van der Waals surface area contributed by atoms with Crippen molar-refractivity contribution in [2.45, 2.75) is 31.2 Å². The van der Waals surface area contributed by atoms with E-state index in [4.69, 9.17) is 17.3 Å². The number of benzene rings is 2. The smallest absolute Gasteiger partial charge is 0.127 e. The van der Waals surface area contributed by atoms with Crippen LogP contribution in [0.1, 0.15) is 29.5 Å². The summed E-state index contributed by atoms with van der Waals surface area (Å²) < 4.78 is 14.0. The van der Waals surface area contributed by atoms with Gasteiger partial charge in [-0.2, -0.15) is 0 Å². The second-order valence-corrected chi connectivity index (χ2v) is 6.02. The zero-order valence-corrected chi connectivity index (χ0v) is 12.0. The Morgan fingerprint density at radius 3 is 2.80 bits per heavy atom. The van der Waals surface area contributed by atoms with Crippen LogP contribution in [0.4, 0.5) is 4.39 Å². The molecular formula is C17H17ClFN. The maximum atomic E-state index is 14.0. The van der Waals surface area contributed by atoms with Gasteiger partial charge in [0.05, 0.1) is 0 Å². The molecular weight excluding hydrogens is 273 g/mol. The van der Waals surface area contributed by atoms with Crippen molar-refractivity contribution in [2.75, 3.05) is 0 Å². The van der Waals surface area contributed by atoms with E-state index in [0.29, 0.717) is 17.0 Å². The largest absolute Gasteiger partial charge is 0.321 e. The van der Waals surface area contributed by atoms with Crippen molar-refractivity contribution in [1.82, 2.24) is 0 Å². The van der Waals surface area contributed by atoms with E-state index in [1.54, 1.807) is 12.1 Å². The Bertz CT molecular complexity index is 641. The van der Waals surface area contributed by atoms with Crippen molar-refractivity contribution in [3.63, 3.8) is 0 Å². The molecule has 0 heterocycles. The van der Waals surface area contributed by atoms with Crippen molar-refractivity contribution in [2.24, 2.45) is 5.73 Å². The third-order valence-electron chi connectivity index (χ3n) is 4.14. The van der Waals surface area contributed by atoms with E-state index in [2.05, 4.69) is 12.1 Å². The number of nitrogens with two attached hydrogens (primary N) is 1. The van der Waals surface area contributed by atoms with Crippen molar-refractivity contribution < 1.29 is 4.39 Å². The van der Waals surface area contributed by atoms with Crippen molar-refractivity contribution >= 4 is 11.6 Å². The summed E-state index contributed by atoms with van der Waals surface area (Å²) in [7, 11) is 0. The second-order valence-electron chi connectivity index (χ2n) is 5.58. The molecule has 0 saturated heterocycles. The Morgan fingerprint density at radius 2 is 2.00 bits per heavy atom. The topological polar surface area (TPSA) is 26.0 Å². The minimum atomic E-state index is -0.483. The van der Waals surface area contributed by atoms with Gasteiger partial charge in [0.15, 0.2) is 0 Å². The molecule has 0 fully saturated rings. The van der Waals surface area contributed by atoms with E-state index in [-0.39, 0.29) is 5.82 Å². The third-order valence-corrected chi connectivity index (χ3v) is 4.38. The van der Waals surface area contributed by atoms with E-state index >= 15 is 0 Å². The number of hydrogen-bond acceptors (Lipinski definition) is 1. The van der Waals surface area contributed by atoms with Gasteiger partial charge in [-0.05, 0) is 54.5 Å². The zero-order valence-electron chi connectivity index (χ0n) is 11.2. The van der Waals surface area contributed by atoms with Crippen LogP contribution in [0.2, 0.25) is 5.02 Å². The Kier molecular flexibility index (Phi) is 3.53. The first kappa shape index (κ1) is 13.6. The third kappa shape index (κ3) is 2.46. The molecule has 2 N–H and O–H groups in total. The van der Waals surface area contributed by atoms with Gasteiger partial charge in [-0.3, -0.25) is 0 Å². The van der Waals surface area contributed by atoms with Crippen LogP contribution in [0.5, 0.6) is 0 Å². The molecule has 1 nitrogen and oxygen atoms in total. The van der Waals surface area contributed by atoms with Crippen LogP contribution in [0.25, 0.3) is 0 Å². The minimum Gasteiger partial charge on any atom is -0.321 e. The molecule has 104 valence electrons. The lowest BCUT2D eigenvalue weighted by atomic mass is 9.74. The average Bonchev–Trinajstić information content (AvgIpc) is 2.43. The fourth-order valence-electron chi connectivity index (χ4n) is 3.14. The molecule has 0 spiro atoms. The van der Waals surface area contributed by atoms with E-state index in [9.17, 15) is 4.39 Å². The van der Waals surface area contributed by atoms with Crippen molar-refractivity contribution in [3.05, 3.63) is 70.0 Å². The monoisotopic (exact) mass is 289 g/mol. The summed E-state index contributed by atoms with van der Waals surface area (Å²) in [4.78, 5) is 0. The summed E-state index contributed by atoms with van der Waals surface area (Å²) in [5.41, 5.74) is 9.20. The van der Waals surface area contributed by atoms with Crippen LogP contribution in [0.15, 0.2) is 42.5 Å². The Hall–Kier alpha value is -1.38. The van der Waals surface area contributed by atoms with Gasteiger partial charge in [0.2, 0.25) is 0 Å². The predicted molar refractivity (Wildman–Crippen MR) is 80.4 cm³/mol. The molecule has 1 aliphatic carbocycles. The molecule has 2 aromatic carbocycles. The fourth-order valence-corrected chi connectivity index (χ4v) is 3.30. The molecule has 1 atom stereocenters. The van der Waals surface area contributed by atoms with Crippen LogP contribution < -0.4 is 5.73 Å². The predicted octanol–water partition coefficient (Wildman–Crippen LogP) is 4.21. The minimum absolute atomic E-state index is 0.273. The summed E-state index contributed by atoms with van der Waals surface area (Å²) in [5, 5.41) is 0.418. The molecule has 3 heteroatoms. The highest BCUT2D eigenvalue weighted by atomic mass is 35.5. The average molecular weight is 290 g/mol. The number of fused-ring (bicyclic) bond motifs is 1. The van der Waals surface area contributed by atoms with Gasteiger partial charge in [0, 0.05) is 10.6 Å². The first-order chi connectivity index (χ1) is 9.58. The Morgan fingerprint density at radius 1 is 1.20 bits per heavy atom. The van der Waals surface area contributed by atoms with Gasteiger partial charge in [-0.1, -0.05) is 41.9 Å². The molecule has 0 aromatic heterocycles. The molecule has 3 rings (SSSR count). The lowest BCUT2D eigenvalue weighted by molar-refractivity contribution is 0.364. The molecule has 1 unspecified atom stereocenters. The van der Waals surface area contributed by atoms with Crippen LogP contribution in [0.3, 0.4) is 0 Å². The summed E-state index contributed by atoms with van der Waals surface area (Å²) in [6, 6.07) is 13.0. The number of aryl methyl sites for hydroxylation is 1. The quantitative estimate of drug-likeness (QED) is 0.880. The van der Waals surface area contributed by atoms with Crippen LogP contribution in [-0.2, 0) is 18.4 Å². The van der Waals surface area contributed by atoms with Gasteiger partial charge in [-0.15, -0.1) is 0 Å². The number of hydrogen-bond donors (Lipinski definition) is 1. The van der Waals surface area contributed by atoms with Gasteiger partial charge < -0.3 is 5.73 Å². The van der Waals surface area contributed by atoms with E-state index in [1.165, 1.54) is 11.6 Å². The summed E-state index contributed by atoms with van der Waals surface area (Å²) in [5.74, 6) is -0.273.